The molecule has 0 radical (unpaired) electrons. The van der Waals surface area contributed by atoms with Crippen LogP contribution in [0.25, 0.3) is 27.8 Å². The van der Waals surface area contributed by atoms with E-state index in [0.717, 1.165) is 44.4 Å². The third kappa shape index (κ3) is 2.76. The summed E-state index contributed by atoms with van der Waals surface area (Å²) in [6.45, 7) is 0. The molecule has 2 aromatic heterocycles. The predicted molar refractivity (Wildman–Crippen MR) is 128 cm³/mol. The molecule has 0 spiro atoms. The molecule has 0 fully saturated rings. The Morgan fingerprint density at radius 1 is 0.758 bits per heavy atom. The van der Waals surface area contributed by atoms with E-state index < -0.39 is 0 Å². The molecule has 6 aromatic rings. The Balaban J connectivity index is 1.53. The van der Waals surface area contributed by atoms with Gasteiger partial charge >= 0.3 is 0 Å². The lowest BCUT2D eigenvalue weighted by molar-refractivity contribution is 0.437. The van der Waals surface area contributed by atoms with Crippen LogP contribution in [0, 0.1) is 0 Å². The van der Waals surface area contributed by atoms with Crippen LogP contribution in [0.15, 0.2) is 103 Å². The van der Waals surface area contributed by atoms with Crippen molar-refractivity contribution in [1.82, 2.24) is 19.6 Å². The number of aromatic nitrogens is 4. The minimum absolute atomic E-state index is 0.0708. The minimum Gasteiger partial charge on any atom is -0.438 e. The molecule has 0 bridgehead atoms. The molecule has 1 aliphatic rings. The van der Waals surface area contributed by atoms with E-state index >= 15 is 0 Å². The Morgan fingerprint density at radius 3 is 2.36 bits per heavy atom. The summed E-state index contributed by atoms with van der Waals surface area (Å²) in [5.41, 5.74) is 4.92. The van der Waals surface area contributed by atoms with Crippen LogP contribution in [0.5, 0.6) is 11.6 Å². The van der Waals surface area contributed by atoms with Gasteiger partial charge in [-0.15, -0.1) is 5.10 Å². The zero-order valence-corrected chi connectivity index (χ0v) is 17.6. The van der Waals surface area contributed by atoms with Gasteiger partial charge in [0.05, 0.1) is 5.56 Å². The third-order valence-corrected chi connectivity index (χ3v) is 6.26. The van der Waals surface area contributed by atoms with Crippen LogP contribution in [-0.2, 0) is 0 Å². The van der Waals surface area contributed by atoms with Crippen LogP contribution in [0.2, 0.25) is 0 Å². The molecule has 1 atom stereocenters. The van der Waals surface area contributed by atoms with E-state index in [1.54, 1.807) is 10.8 Å². The molecule has 0 saturated carbocycles. The molecule has 33 heavy (non-hydrogen) atoms. The second-order valence-electron chi connectivity index (χ2n) is 8.18. The largest absolute Gasteiger partial charge is 0.438 e. The number of benzene rings is 4. The highest BCUT2D eigenvalue weighted by atomic mass is 16.5. The van der Waals surface area contributed by atoms with Crippen molar-refractivity contribution in [3.05, 3.63) is 120 Å². The standard InChI is InChI=1S/C28H18N4O/c1-3-10-19(11-4-1)23-22-16-15-18-9-7-8-14-21(18)25(22)33-28-24(23)27-30-26(31-32(27)17-29-28)20-12-5-2-6-13-20/h1-17,23H/t23-/m0/s1. The monoisotopic (exact) mass is 426 g/mol. The van der Waals surface area contributed by atoms with Crippen LogP contribution < -0.4 is 4.74 Å². The van der Waals surface area contributed by atoms with Crippen molar-refractivity contribution in [3.8, 4) is 23.0 Å². The summed E-state index contributed by atoms with van der Waals surface area (Å²) < 4.78 is 8.23. The average molecular weight is 426 g/mol. The van der Waals surface area contributed by atoms with Gasteiger partial charge in [-0.25, -0.2) is 14.5 Å². The van der Waals surface area contributed by atoms with Crippen LogP contribution in [0.4, 0.5) is 0 Å². The first kappa shape index (κ1) is 18.1. The quantitative estimate of drug-likeness (QED) is 0.329. The second-order valence-corrected chi connectivity index (χ2v) is 8.18. The molecular formula is C28H18N4O. The highest BCUT2D eigenvalue weighted by Crippen LogP contribution is 2.50. The number of nitrogens with zero attached hydrogens (tertiary/aromatic N) is 4. The predicted octanol–water partition coefficient (Wildman–Crippen LogP) is 6.23. The van der Waals surface area contributed by atoms with Gasteiger partial charge in [-0.1, -0.05) is 97.1 Å². The summed E-state index contributed by atoms with van der Waals surface area (Å²) in [5.74, 6) is 2.03. The summed E-state index contributed by atoms with van der Waals surface area (Å²) in [5, 5.41) is 6.93. The fourth-order valence-corrected chi connectivity index (χ4v) is 4.75. The van der Waals surface area contributed by atoms with Crippen LogP contribution >= 0.6 is 0 Å². The Hall–Kier alpha value is -4.51. The van der Waals surface area contributed by atoms with Crippen LogP contribution in [0.3, 0.4) is 0 Å². The lowest BCUT2D eigenvalue weighted by Crippen LogP contribution is -2.15. The molecule has 5 heteroatoms. The summed E-state index contributed by atoms with van der Waals surface area (Å²) in [6, 6.07) is 33.1. The van der Waals surface area contributed by atoms with Gasteiger partial charge in [-0.3, -0.25) is 0 Å². The van der Waals surface area contributed by atoms with Crippen molar-refractivity contribution < 1.29 is 4.74 Å². The lowest BCUT2D eigenvalue weighted by Gasteiger charge is -2.28. The maximum Gasteiger partial charge on any atom is 0.228 e. The van der Waals surface area contributed by atoms with Crippen molar-refractivity contribution in [1.29, 1.82) is 0 Å². The first-order chi connectivity index (χ1) is 16.4. The number of hydrogen-bond donors (Lipinski definition) is 0. The van der Waals surface area contributed by atoms with Crippen LogP contribution in [-0.4, -0.2) is 19.6 Å². The van der Waals surface area contributed by atoms with E-state index in [0.29, 0.717) is 11.7 Å². The molecule has 0 saturated heterocycles. The molecule has 3 heterocycles. The maximum absolute atomic E-state index is 6.47. The Bertz CT molecular complexity index is 1640. The van der Waals surface area contributed by atoms with Crippen molar-refractivity contribution in [2.24, 2.45) is 0 Å². The van der Waals surface area contributed by atoms with Crippen molar-refractivity contribution in [3.63, 3.8) is 0 Å². The minimum atomic E-state index is -0.0708. The second kappa shape index (κ2) is 7.00. The molecule has 5 nitrogen and oxygen atoms in total. The summed E-state index contributed by atoms with van der Waals surface area (Å²) in [7, 11) is 0. The van der Waals surface area contributed by atoms with E-state index in [-0.39, 0.29) is 5.92 Å². The van der Waals surface area contributed by atoms with Gasteiger partial charge in [0.15, 0.2) is 11.5 Å². The molecule has 4 aromatic carbocycles. The van der Waals surface area contributed by atoms with Gasteiger partial charge in [-0.2, -0.15) is 0 Å². The van der Waals surface area contributed by atoms with Crippen molar-refractivity contribution in [2.75, 3.05) is 0 Å². The Labute approximate surface area is 190 Å². The van der Waals surface area contributed by atoms with Gasteiger partial charge in [0.25, 0.3) is 0 Å². The van der Waals surface area contributed by atoms with Gasteiger partial charge in [0.1, 0.15) is 12.1 Å². The summed E-state index contributed by atoms with van der Waals surface area (Å²) in [4.78, 5) is 9.61. The smallest absolute Gasteiger partial charge is 0.228 e. The van der Waals surface area contributed by atoms with E-state index in [1.807, 2.05) is 48.5 Å². The first-order valence-corrected chi connectivity index (χ1v) is 10.9. The third-order valence-electron chi connectivity index (χ3n) is 6.26. The average Bonchev–Trinajstić information content (AvgIpc) is 3.33. The highest BCUT2D eigenvalue weighted by Gasteiger charge is 2.34. The van der Waals surface area contributed by atoms with E-state index in [4.69, 9.17) is 14.8 Å². The molecule has 0 unspecified atom stereocenters. The number of ether oxygens (including phenoxy) is 1. The molecule has 156 valence electrons. The number of rotatable bonds is 2. The van der Waals surface area contributed by atoms with Gasteiger partial charge in [0, 0.05) is 22.4 Å². The van der Waals surface area contributed by atoms with Crippen molar-refractivity contribution in [2.45, 2.75) is 5.92 Å². The maximum atomic E-state index is 6.47. The highest BCUT2D eigenvalue weighted by molar-refractivity contribution is 5.91. The first-order valence-electron chi connectivity index (χ1n) is 10.9. The zero-order valence-electron chi connectivity index (χ0n) is 17.6. The van der Waals surface area contributed by atoms with Gasteiger partial charge in [-0.05, 0) is 10.9 Å². The van der Waals surface area contributed by atoms with Gasteiger partial charge < -0.3 is 4.74 Å². The summed E-state index contributed by atoms with van der Waals surface area (Å²) in [6.07, 6.45) is 1.69. The van der Waals surface area contributed by atoms with Crippen LogP contribution in [0.1, 0.15) is 22.6 Å². The molecule has 0 aliphatic carbocycles. The molecule has 7 rings (SSSR count). The fourth-order valence-electron chi connectivity index (χ4n) is 4.75. The number of fused-ring (bicyclic) bond motifs is 6. The van der Waals surface area contributed by atoms with E-state index in [2.05, 4.69) is 53.5 Å². The van der Waals surface area contributed by atoms with Crippen molar-refractivity contribution >= 4 is 16.4 Å². The normalized spacial score (nSPS) is 14.6. The molecule has 0 N–H and O–H groups in total. The lowest BCUT2D eigenvalue weighted by atomic mass is 9.83. The Kier molecular flexibility index (Phi) is 3.84. The molecule has 0 amide bonds. The molecule has 1 aliphatic heterocycles. The number of hydrogen-bond acceptors (Lipinski definition) is 4. The topological polar surface area (TPSA) is 52.3 Å². The SMILES string of the molecule is c1ccc(-c2nc3c4c(ncn3n2)Oc2c(ccc3ccccc23)[C@@H]4c2ccccc2)cc1. The molecular weight excluding hydrogens is 408 g/mol. The van der Waals surface area contributed by atoms with Gasteiger partial charge in [0.2, 0.25) is 5.88 Å². The fraction of sp³-hybridized carbons (Fsp3) is 0.0357. The Morgan fingerprint density at radius 2 is 1.52 bits per heavy atom. The zero-order chi connectivity index (χ0) is 21.8. The van der Waals surface area contributed by atoms with E-state index in [9.17, 15) is 0 Å². The summed E-state index contributed by atoms with van der Waals surface area (Å²) >= 11 is 0. The van der Waals surface area contributed by atoms with E-state index in [1.165, 1.54) is 0 Å².